The molecule has 0 aliphatic rings. The van der Waals surface area contributed by atoms with Crippen LogP contribution in [0.25, 0.3) is 0 Å². The minimum absolute atomic E-state index is 0.0170. The Morgan fingerprint density at radius 2 is 1.51 bits per heavy atom. The SMILES string of the molecule is CC(C)(C)OC(=O)O[C@H](COc1ccccc1)CN(CCc1ccc([N+](=O)[O-])cc1)C(=O)OC(C)(C)C. The lowest BCUT2D eigenvalue weighted by atomic mass is 10.1. The highest BCUT2D eigenvalue weighted by atomic mass is 16.7. The van der Waals surface area contributed by atoms with Crippen LogP contribution in [0.4, 0.5) is 15.3 Å². The number of para-hydroxylation sites is 1. The minimum Gasteiger partial charge on any atom is -0.490 e. The Morgan fingerprint density at radius 3 is 2.05 bits per heavy atom. The van der Waals surface area contributed by atoms with Gasteiger partial charge in [-0.1, -0.05) is 30.3 Å². The van der Waals surface area contributed by atoms with Crippen LogP contribution in [0.1, 0.15) is 47.1 Å². The average Bonchev–Trinajstić information content (AvgIpc) is 2.78. The second-order valence-corrected chi connectivity index (χ2v) is 10.4. The van der Waals surface area contributed by atoms with Crippen molar-refractivity contribution in [2.24, 2.45) is 0 Å². The molecule has 0 aliphatic heterocycles. The second-order valence-electron chi connectivity index (χ2n) is 10.4. The quantitative estimate of drug-likeness (QED) is 0.222. The number of rotatable bonds is 10. The number of carbonyl (C=O) groups excluding carboxylic acids is 2. The number of nitro benzene ring substituents is 1. The summed E-state index contributed by atoms with van der Waals surface area (Å²) in [4.78, 5) is 37.4. The van der Waals surface area contributed by atoms with Crippen LogP contribution in [0.3, 0.4) is 0 Å². The summed E-state index contributed by atoms with van der Waals surface area (Å²) in [6, 6.07) is 15.1. The summed E-state index contributed by atoms with van der Waals surface area (Å²) in [6.07, 6.45) is -1.93. The first-order chi connectivity index (χ1) is 17.2. The van der Waals surface area contributed by atoms with Gasteiger partial charge in [0.1, 0.15) is 23.6 Å². The lowest BCUT2D eigenvalue weighted by Gasteiger charge is -2.30. The molecular weight excluding hydrogens is 480 g/mol. The molecule has 0 aliphatic carbocycles. The molecule has 0 heterocycles. The molecule has 2 aromatic carbocycles. The van der Waals surface area contributed by atoms with Gasteiger partial charge in [-0.05, 0) is 65.7 Å². The van der Waals surface area contributed by atoms with E-state index >= 15 is 0 Å². The Balaban J connectivity index is 2.20. The van der Waals surface area contributed by atoms with E-state index in [0.717, 1.165) is 5.56 Å². The fraction of sp³-hybridized carbons (Fsp3) is 0.481. The van der Waals surface area contributed by atoms with Crippen LogP contribution in [0.15, 0.2) is 54.6 Å². The van der Waals surface area contributed by atoms with E-state index in [0.29, 0.717) is 12.2 Å². The highest BCUT2D eigenvalue weighted by Crippen LogP contribution is 2.17. The first-order valence-corrected chi connectivity index (χ1v) is 12.0. The maximum absolute atomic E-state index is 13.0. The highest BCUT2D eigenvalue weighted by Gasteiger charge is 2.28. The molecule has 0 fully saturated rings. The molecule has 0 bridgehead atoms. The van der Waals surface area contributed by atoms with Gasteiger partial charge < -0.3 is 23.8 Å². The predicted octanol–water partition coefficient (Wildman–Crippen LogP) is 5.77. The molecule has 10 heteroatoms. The number of hydrogen-bond donors (Lipinski definition) is 0. The van der Waals surface area contributed by atoms with Crippen molar-refractivity contribution in [3.8, 4) is 5.75 Å². The van der Waals surface area contributed by atoms with E-state index in [2.05, 4.69) is 0 Å². The smallest absolute Gasteiger partial charge is 0.490 e. The molecule has 0 N–H and O–H groups in total. The van der Waals surface area contributed by atoms with Gasteiger partial charge in [0, 0.05) is 18.7 Å². The lowest BCUT2D eigenvalue weighted by Crippen LogP contribution is -2.45. The Morgan fingerprint density at radius 1 is 0.919 bits per heavy atom. The van der Waals surface area contributed by atoms with Crippen molar-refractivity contribution < 1.29 is 33.5 Å². The third-order valence-electron chi connectivity index (χ3n) is 4.72. The Bertz CT molecular complexity index is 1030. The van der Waals surface area contributed by atoms with Gasteiger partial charge in [0.15, 0.2) is 6.10 Å². The van der Waals surface area contributed by atoms with Crippen molar-refractivity contribution in [2.75, 3.05) is 19.7 Å². The number of ether oxygens (including phenoxy) is 4. The average molecular weight is 517 g/mol. The normalized spacial score (nSPS) is 12.3. The van der Waals surface area contributed by atoms with Gasteiger partial charge in [-0.2, -0.15) is 0 Å². The third-order valence-corrected chi connectivity index (χ3v) is 4.72. The summed E-state index contributed by atoms with van der Waals surface area (Å²) in [5, 5.41) is 10.9. The number of nitro groups is 1. The van der Waals surface area contributed by atoms with Gasteiger partial charge in [-0.15, -0.1) is 0 Å². The fourth-order valence-electron chi connectivity index (χ4n) is 3.12. The van der Waals surface area contributed by atoms with E-state index in [9.17, 15) is 19.7 Å². The first kappa shape index (κ1) is 29.4. The van der Waals surface area contributed by atoms with Crippen LogP contribution in [0.5, 0.6) is 5.75 Å². The summed E-state index contributed by atoms with van der Waals surface area (Å²) in [5.41, 5.74) is -0.728. The molecule has 0 unspecified atom stereocenters. The molecule has 0 saturated carbocycles. The van der Waals surface area contributed by atoms with Crippen LogP contribution < -0.4 is 4.74 Å². The zero-order chi connectivity index (χ0) is 27.6. The second kappa shape index (κ2) is 12.9. The Kier molecular flexibility index (Phi) is 10.3. The zero-order valence-electron chi connectivity index (χ0n) is 22.3. The molecule has 1 atom stereocenters. The zero-order valence-corrected chi connectivity index (χ0v) is 22.3. The molecule has 37 heavy (non-hydrogen) atoms. The molecule has 2 rings (SSSR count). The van der Waals surface area contributed by atoms with Gasteiger partial charge in [-0.25, -0.2) is 9.59 Å². The van der Waals surface area contributed by atoms with E-state index in [1.807, 2.05) is 18.2 Å². The summed E-state index contributed by atoms with van der Waals surface area (Å²) >= 11 is 0. The molecule has 0 radical (unpaired) electrons. The number of benzene rings is 2. The van der Waals surface area contributed by atoms with Crippen LogP contribution in [0.2, 0.25) is 0 Å². The number of hydrogen-bond acceptors (Lipinski definition) is 8. The lowest BCUT2D eigenvalue weighted by molar-refractivity contribution is -0.384. The monoisotopic (exact) mass is 516 g/mol. The van der Waals surface area contributed by atoms with Crippen LogP contribution in [-0.4, -0.2) is 59.1 Å². The van der Waals surface area contributed by atoms with Crippen molar-refractivity contribution >= 4 is 17.9 Å². The fourth-order valence-corrected chi connectivity index (χ4v) is 3.12. The predicted molar refractivity (Wildman–Crippen MR) is 138 cm³/mol. The van der Waals surface area contributed by atoms with Gasteiger partial charge >= 0.3 is 12.2 Å². The summed E-state index contributed by atoms with van der Waals surface area (Å²) < 4.78 is 22.2. The number of nitrogens with zero attached hydrogens (tertiary/aromatic N) is 2. The van der Waals surface area contributed by atoms with E-state index in [1.165, 1.54) is 17.0 Å². The number of carbonyl (C=O) groups is 2. The molecule has 10 nitrogen and oxygen atoms in total. The van der Waals surface area contributed by atoms with Crippen molar-refractivity contribution in [1.82, 2.24) is 4.90 Å². The van der Waals surface area contributed by atoms with Gasteiger partial charge in [-0.3, -0.25) is 10.1 Å². The van der Waals surface area contributed by atoms with Crippen LogP contribution in [-0.2, 0) is 20.6 Å². The van der Waals surface area contributed by atoms with Gasteiger partial charge in [0.25, 0.3) is 5.69 Å². The van der Waals surface area contributed by atoms with E-state index in [4.69, 9.17) is 18.9 Å². The maximum atomic E-state index is 13.0. The standard InChI is InChI=1S/C27H36N2O8/c1-26(2,3)36-24(30)28(17-16-20-12-14-21(15-13-20)29(32)33)18-23(35-25(31)37-27(4,5)6)19-34-22-10-8-7-9-11-22/h7-15,23H,16-19H2,1-6H3/t23-/m0/s1. The topological polar surface area (TPSA) is 117 Å². The third kappa shape index (κ3) is 11.6. The summed E-state index contributed by atoms with van der Waals surface area (Å²) in [6.45, 7) is 10.6. The maximum Gasteiger partial charge on any atom is 0.509 e. The summed E-state index contributed by atoms with van der Waals surface area (Å²) in [5.74, 6) is 0.579. The highest BCUT2D eigenvalue weighted by molar-refractivity contribution is 5.68. The van der Waals surface area contributed by atoms with Gasteiger partial charge in [0.2, 0.25) is 0 Å². The summed E-state index contributed by atoms with van der Waals surface area (Å²) in [7, 11) is 0. The minimum atomic E-state index is -0.881. The van der Waals surface area contributed by atoms with Crippen molar-refractivity contribution in [2.45, 2.75) is 65.3 Å². The largest absolute Gasteiger partial charge is 0.509 e. The van der Waals surface area contributed by atoms with Crippen molar-refractivity contribution in [1.29, 1.82) is 0 Å². The van der Waals surface area contributed by atoms with Crippen molar-refractivity contribution in [3.05, 3.63) is 70.3 Å². The Hall–Kier alpha value is -3.82. The van der Waals surface area contributed by atoms with Crippen molar-refractivity contribution in [3.63, 3.8) is 0 Å². The molecule has 0 spiro atoms. The molecule has 0 aromatic heterocycles. The molecule has 1 amide bonds. The van der Waals surface area contributed by atoms with Crippen LogP contribution in [0, 0.1) is 10.1 Å². The number of amides is 1. The molecule has 202 valence electrons. The van der Waals surface area contributed by atoms with Gasteiger partial charge in [0.05, 0.1) is 11.5 Å². The molecular formula is C27H36N2O8. The van der Waals surface area contributed by atoms with Crippen LogP contribution >= 0.6 is 0 Å². The Labute approximate surface area is 217 Å². The molecule has 2 aromatic rings. The number of non-ortho nitro benzene ring substituents is 1. The van der Waals surface area contributed by atoms with E-state index in [1.54, 1.807) is 65.8 Å². The first-order valence-electron chi connectivity index (χ1n) is 12.0. The van der Waals surface area contributed by atoms with E-state index in [-0.39, 0.29) is 25.4 Å². The molecule has 0 saturated heterocycles. The van der Waals surface area contributed by atoms with E-state index < -0.39 is 34.5 Å².